The molecule has 0 aliphatic heterocycles. The molecule has 4 aromatic heterocycles. The van der Waals surface area contributed by atoms with Crippen LogP contribution >= 0.6 is 0 Å². The molecule has 8 nitrogen and oxygen atoms in total. The molecule has 4 aromatic rings. The highest BCUT2D eigenvalue weighted by molar-refractivity contribution is 5.91. The summed E-state index contributed by atoms with van der Waals surface area (Å²) in [5.74, 6) is -0.247. The predicted octanol–water partition coefficient (Wildman–Crippen LogP) is 2.40. The molecule has 5 rings (SSSR count). The second-order valence-electron chi connectivity index (χ2n) is 7.24. The van der Waals surface area contributed by atoms with E-state index in [1.165, 1.54) is 16.6 Å². The fraction of sp³-hybridized carbons (Fsp3) is 0.250. The monoisotopic (exact) mass is 392 g/mol. The molecular formula is C20H17FN6O2. The number of nitrogens with zero attached hydrogens (tertiary/aromatic N) is 5. The number of pyridine rings is 2. The number of aromatic nitrogens is 5. The number of anilines is 1. The van der Waals surface area contributed by atoms with Gasteiger partial charge in [-0.2, -0.15) is 9.61 Å². The molecule has 1 aliphatic carbocycles. The first-order valence-electron chi connectivity index (χ1n) is 9.31. The van der Waals surface area contributed by atoms with Crippen molar-refractivity contribution in [3.8, 4) is 0 Å². The fourth-order valence-corrected chi connectivity index (χ4v) is 3.38. The summed E-state index contributed by atoms with van der Waals surface area (Å²) in [4.78, 5) is 33.9. The van der Waals surface area contributed by atoms with Crippen LogP contribution in [0.3, 0.4) is 0 Å². The van der Waals surface area contributed by atoms with Gasteiger partial charge in [0.1, 0.15) is 29.5 Å². The van der Waals surface area contributed by atoms with E-state index in [1.807, 2.05) is 13.0 Å². The van der Waals surface area contributed by atoms with E-state index in [-0.39, 0.29) is 23.8 Å². The first-order valence-corrected chi connectivity index (χ1v) is 9.31. The van der Waals surface area contributed by atoms with Gasteiger partial charge in [-0.25, -0.2) is 14.4 Å². The summed E-state index contributed by atoms with van der Waals surface area (Å²) in [7, 11) is 0. The summed E-state index contributed by atoms with van der Waals surface area (Å²) in [5, 5.41) is 7.51. The van der Waals surface area contributed by atoms with Gasteiger partial charge in [0.2, 0.25) is 5.91 Å². The van der Waals surface area contributed by atoms with Gasteiger partial charge in [-0.05, 0) is 44.0 Å². The number of rotatable bonds is 4. The van der Waals surface area contributed by atoms with Gasteiger partial charge >= 0.3 is 0 Å². The Morgan fingerprint density at radius 2 is 2.10 bits per heavy atom. The normalized spacial score (nSPS) is 13.9. The molecule has 4 heterocycles. The molecule has 1 amide bonds. The summed E-state index contributed by atoms with van der Waals surface area (Å²) in [6.45, 7) is 1.73. The highest BCUT2D eigenvalue weighted by Gasteiger charge is 2.28. The molecule has 0 spiro atoms. The van der Waals surface area contributed by atoms with E-state index in [9.17, 15) is 14.0 Å². The fourth-order valence-electron chi connectivity index (χ4n) is 3.38. The maximum absolute atomic E-state index is 13.0. The molecule has 0 aromatic carbocycles. The van der Waals surface area contributed by atoms with Gasteiger partial charge in [-0.1, -0.05) is 0 Å². The molecular weight excluding hydrogens is 375 g/mol. The van der Waals surface area contributed by atoms with Crippen molar-refractivity contribution in [2.45, 2.75) is 32.2 Å². The third kappa shape index (κ3) is 3.14. The largest absolute Gasteiger partial charge is 0.309 e. The summed E-state index contributed by atoms with van der Waals surface area (Å²) in [5.41, 5.74) is 2.27. The van der Waals surface area contributed by atoms with Crippen LogP contribution in [0.2, 0.25) is 0 Å². The Morgan fingerprint density at radius 3 is 2.83 bits per heavy atom. The van der Waals surface area contributed by atoms with E-state index in [2.05, 4.69) is 20.4 Å². The van der Waals surface area contributed by atoms with Gasteiger partial charge in [0.05, 0.1) is 17.3 Å². The van der Waals surface area contributed by atoms with E-state index in [1.54, 1.807) is 16.7 Å². The van der Waals surface area contributed by atoms with Gasteiger partial charge in [0, 0.05) is 17.7 Å². The first-order chi connectivity index (χ1) is 14.0. The average Bonchev–Trinajstić information content (AvgIpc) is 3.45. The highest BCUT2D eigenvalue weighted by atomic mass is 19.1. The predicted molar refractivity (Wildman–Crippen MR) is 104 cm³/mol. The Morgan fingerprint density at radius 1 is 1.28 bits per heavy atom. The van der Waals surface area contributed by atoms with Crippen LogP contribution in [0.25, 0.3) is 16.7 Å². The van der Waals surface area contributed by atoms with E-state index in [4.69, 9.17) is 0 Å². The van der Waals surface area contributed by atoms with Crippen molar-refractivity contribution in [3.63, 3.8) is 0 Å². The Kier molecular flexibility index (Phi) is 3.90. The number of carbonyl (C=O) groups excluding carboxylic acids is 1. The molecule has 0 bridgehead atoms. The lowest BCUT2D eigenvalue weighted by Gasteiger charge is -2.12. The van der Waals surface area contributed by atoms with Crippen molar-refractivity contribution in [1.29, 1.82) is 0 Å². The number of nitrogens with one attached hydrogen (secondary N) is 1. The van der Waals surface area contributed by atoms with E-state index >= 15 is 0 Å². The number of fused-ring (bicyclic) bond motifs is 2. The maximum Gasteiger partial charge on any atom is 0.283 e. The first kappa shape index (κ1) is 17.5. The second-order valence-corrected chi connectivity index (χ2v) is 7.24. The summed E-state index contributed by atoms with van der Waals surface area (Å²) in [6, 6.07) is 7.92. The van der Waals surface area contributed by atoms with Crippen molar-refractivity contribution < 1.29 is 9.18 Å². The number of halogens is 1. The molecule has 1 N–H and O–H groups in total. The molecule has 1 aliphatic rings. The number of carbonyl (C=O) groups is 1. The van der Waals surface area contributed by atoms with Crippen molar-refractivity contribution in [1.82, 2.24) is 24.1 Å². The van der Waals surface area contributed by atoms with Crippen LogP contribution in [0.15, 0.2) is 41.3 Å². The van der Waals surface area contributed by atoms with E-state index in [0.717, 1.165) is 30.4 Å². The number of amides is 1. The molecule has 1 fully saturated rings. The topological polar surface area (TPSA) is 94.2 Å². The quantitative estimate of drug-likeness (QED) is 0.576. The van der Waals surface area contributed by atoms with Crippen LogP contribution in [-0.4, -0.2) is 30.1 Å². The molecule has 1 saturated carbocycles. The van der Waals surface area contributed by atoms with Gasteiger partial charge in [0.25, 0.3) is 5.56 Å². The molecule has 0 saturated heterocycles. The van der Waals surface area contributed by atoms with Gasteiger partial charge < -0.3 is 9.88 Å². The minimum Gasteiger partial charge on any atom is -0.309 e. The zero-order chi connectivity index (χ0) is 20.1. The van der Waals surface area contributed by atoms with E-state index in [0.29, 0.717) is 22.6 Å². The number of hydrogen-bond acceptors (Lipinski definition) is 5. The SMILES string of the molecule is Cc1ccc2c(=O)n3nc(C4CC4)cc3n(CC(=O)Nc3ccc(F)cn3)c2n1. The van der Waals surface area contributed by atoms with Crippen molar-refractivity contribution in [3.05, 3.63) is 64.1 Å². The maximum atomic E-state index is 13.0. The Hall–Kier alpha value is -3.62. The third-order valence-electron chi connectivity index (χ3n) is 4.97. The Labute approximate surface area is 164 Å². The molecule has 0 unspecified atom stereocenters. The highest BCUT2D eigenvalue weighted by Crippen LogP contribution is 2.39. The van der Waals surface area contributed by atoms with Crippen LogP contribution in [0, 0.1) is 12.7 Å². The smallest absolute Gasteiger partial charge is 0.283 e. The number of aryl methyl sites for hydroxylation is 1. The zero-order valence-corrected chi connectivity index (χ0v) is 15.6. The Bertz CT molecular complexity index is 1320. The van der Waals surface area contributed by atoms with Crippen LogP contribution in [0.1, 0.15) is 30.1 Å². The number of hydrogen-bond donors (Lipinski definition) is 1. The molecule has 0 radical (unpaired) electrons. The average molecular weight is 392 g/mol. The summed E-state index contributed by atoms with van der Waals surface area (Å²) >= 11 is 0. The zero-order valence-electron chi connectivity index (χ0n) is 15.6. The standard InChI is InChI=1S/C20H17FN6O2/c1-11-2-6-14-19(23-11)26(10-17(28)24-16-7-5-13(21)9-22-16)18-8-15(12-3-4-12)25-27(18)20(14)29/h2,5-9,12H,3-4,10H2,1H3,(H,22,24,28). The van der Waals surface area contributed by atoms with E-state index < -0.39 is 5.82 Å². The van der Waals surface area contributed by atoms with Crippen molar-refractivity contribution in [2.24, 2.45) is 0 Å². The van der Waals surface area contributed by atoms with Crippen LogP contribution in [0.4, 0.5) is 10.2 Å². The molecule has 29 heavy (non-hydrogen) atoms. The molecule has 146 valence electrons. The van der Waals surface area contributed by atoms with Gasteiger partial charge in [-0.3, -0.25) is 9.59 Å². The van der Waals surface area contributed by atoms with Crippen molar-refractivity contribution >= 4 is 28.4 Å². The lowest BCUT2D eigenvalue weighted by molar-refractivity contribution is -0.116. The summed E-state index contributed by atoms with van der Waals surface area (Å²) < 4.78 is 16.1. The van der Waals surface area contributed by atoms with Crippen LogP contribution in [-0.2, 0) is 11.3 Å². The minimum absolute atomic E-state index is 0.0917. The van der Waals surface area contributed by atoms with Crippen LogP contribution < -0.4 is 10.9 Å². The lowest BCUT2D eigenvalue weighted by Crippen LogP contribution is -2.25. The van der Waals surface area contributed by atoms with Crippen LogP contribution in [0.5, 0.6) is 0 Å². The summed E-state index contributed by atoms with van der Waals surface area (Å²) in [6.07, 6.45) is 3.13. The van der Waals surface area contributed by atoms with Gasteiger partial charge in [0.15, 0.2) is 0 Å². The molecule has 0 atom stereocenters. The molecule has 9 heteroatoms. The van der Waals surface area contributed by atoms with Gasteiger partial charge in [-0.15, -0.1) is 0 Å². The van der Waals surface area contributed by atoms with Crippen molar-refractivity contribution in [2.75, 3.05) is 5.32 Å². The Balaban J connectivity index is 1.62. The second kappa shape index (κ2) is 6.47. The third-order valence-corrected chi connectivity index (χ3v) is 4.97. The lowest BCUT2D eigenvalue weighted by atomic mass is 10.2. The minimum atomic E-state index is -0.484.